The van der Waals surface area contributed by atoms with Gasteiger partial charge < -0.3 is 4.74 Å². The predicted molar refractivity (Wildman–Crippen MR) is 72.9 cm³/mol. The van der Waals surface area contributed by atoms with Crippen LogP contribution in [-0.2, 0) is 14.9 Å². The summed E-state index contributed by atoms with van der Waals surface area (Å²) in [5.41, 5.74) is -0.907. The van der Waals surface area contributed by atoms with E-state index in [0.717, 1.165) is 0 Å². The van der Waals surface area contributed by atoms with Crippen LogP contribution in [0.2, 0.25) is 0 Å². The summed E-state index contributed by atoms with van der Waals surface area (Å²) in [6, 6.07) is 6.76. The van der Waals surface area contributed by atoms with Gasteiger partial charge in [0, 0.05) is 12.0 Å². The smallest absolute Gasteiger partial charge is 0.316 e. The minimum absolute atomic E-state index is 0.154. The summed E-state index contributed by atoms with van der Waals surface area (Å²) in [6.07, 6.45) is 0.372. The Morgan fingerprint density at radius 3 is 2.84 bits per heavy atom. The molecule has 1 rings (SSSR count). The third kappa shape index (κ3) is 3.32. The van der Waals surface area contributed by atoms with Crippen LogP contribution in [0.5, 0.6) is 0 Å². The van der Waals surface area contributed by atoms with E-state index in [0.29, 0.717) is 0 Å². The van der Waals surface area contributed by atoms with Gasteiger partial charge in [0.2, 0.25) is 0 Å². The summed E-state index contributed by atoms with van der Waals surface area (Å²) in [5, 5.41) is 8.71. The molecule has 3 nitrogen and oxygen atoms in total. The maximum Gasteiger partial charge on any atom is 0.316 e. The number of rotatable bonds is 5. The molecule has 0 saturated heterocycles. The van der Waals surface area contributed by atoms with Crippen molar-refractivity contribution in [2.45, 2.75) is 32.1 Å². The Balaban J connectivity index is 3.27. The highest BCUT2D eigenvalue weighted by molar-refractivity contribution is 9.10. The fraction of sp³-hybridized carbons (Fsp3) is 0.429. The second-order valence-corrected chi connectivity index (χ2v) is 5.17. The van der Waals surface area contributed by atoms with Crippen molar-refractivity contribution in [1.82, 2.24) is 0 Å². The maximum atomic E-state index is 14.2. The summed E-state index contributed by atoms with van der Waals surface area (Å²) in [4.78, 5) is 12.1. The lowest BCUT2D eigenvalue weighted by atomic mass is 9.78. The standard InChI is InChI=1S/C14H15BrFNO2/c1-3-19-13(18)14(2,8-5-9-17)10-6-4-7-11(15)12(10)16/h4,6-7H,3,5,8H2,1-2H3. The first-order chi connectivity index (χ1) is 8.97. The molecular weight excluding hydrogens is 313 g/mol. The zero-order valence-electron chi connectivity index (χ0n) is 10.9. The second kappa shape index (κ2) is 6.67. The number of nitriles is 1. The topological polar surface area (TPSA) is 50.1 Å². The number of carbonyl (C=O) groups is 1. The number of ether oxygens (including phenoxy) is 1. The fourth-order valence-corrected chi connectivity index (χ4v) is 2.24. The minimum atomic E-state index is -1.15. The van der Waals surface area contributed by atoms with Crippen LogP contribution in [-0.4, -0.2) is 12.6 Å². The molecule has 0 radical (unpaired) electrons. The molecule has 5 heteroatoms. The van der Waals surface area contributed by atoms with E-state index < -0.39 is 17.2 Å². The molecule has 1 atom stereocenters. The van der Waals surface area contributed by atoms with Crippen LogP contribution >= 0.6 is 15.9 Å². The molecule has 0 aliphatic heterocycles. The lowest BCUT2D eigenvalue weighted by Crippen LogP contribution is -2.35. The van der Waals surface area contributed by atoms with Crippen molar-refractivity contribution in [2.24, 2.45) is 0 Å². The van der Waals surface area contributed by atoms with Crippen LogP contribution in [0.15, 0.2) is 22.7 Å². The molecule has 1 aromatic carbocycles. The van der Waals surface area contributed by atoms with E-state index in [1.54, 1.807) is 32.0 Å². The number of esters is 1. The summed E-state index contributed by atoms with van der Waals surface area (Å²) in [6.45, 7) is 3.52. The molecular formula is C14H15BrFNO2. The van der Waals surface area contributed by atoms with E-state index in [1.165, 1.54) is 0 Å². The van der Waals surface area contributed by atoms with Crippen molar-refractivity contribution in [2.75, 3.05) is 6.61 Å². The van der Waals surface area contributed by atoms with Gasteiger partial charge >= 0.3 is 5.97 Å². The van der Waals surface area contributed by atoms with E-state index in [9.17, 15) is 9.18 Å². The molecule has 1 aromatic rings. The zero-order valence-corrected chi connectivity index (χ0v) is 12.5. The summed E-state index contributed by atoms with van der Waals surface area (Å²) < 4.78 is 19.5. The number of carbonyl (C=O) groups excluding carboxylic acids is 1. The Labute approximate surface area is 120 Å². The molecule has 102 valence electrons. The molecule has 0 aliphatic rings. The fourth-order valence-electron chi connectivity index (χ4n) is 1.87. The van der Waals surface area contributed by atoms with E-state index in [2.05, 4.69) is 15.9 Å². The molecule has 0 bridgehead atoms. The van der Waals surface area contributed by atoms with Crippen molar-refractivity contribution in [3.8, 4) is 6.07 Å². The highest BCUT2D eigenvalue weighted by Gasteiger charge is 2.38. The summed E-state index contributed by atoms with van der Waals surface area (Å²) >= 11 is 3.10. The van der Waals surface area contributed by atoms with Crippen molar-refractivity contribution in [1.29, 1.82) is 5.26 Å². The first-order valence-corrected chi connectivity index (χ1v) is 6.75. The van der Waals surface area contributed by atoms with Gasteiger partial charge in [0.05, 0.1) is 22.6 Å². The van der Waals surface area contributed by atoms with Crippen molar-refractivity contribution in [3.63, 3.8) is 0 Å². The Bertz CT molecular complexity index is 513. The van der Waals surface area contributed by atoms with Crippen LogP contribution in [0.3, 0.4) is 0 Å². The molecule has 1 unspecified atom stereocenters. The maximum absolute atomic E-state index is 14.2. The second-order valence-electron chi connectivity index (χ2n) is 4.31. The summed E-state index contributed by atoms with van der Waals surface area (Å²) in [7, 11) is 0. The molecule has 19 heavy (non-hydrogen) atoms. The first-order valence-electron chi connectivity index (χ1n) is 5.96. The molecule has 0 aliphatic carbocycles. The van der Waals surface area contributed by atoms with Gasteiger partial charge in [-0.1, -0.05) is 12.1 Å². The molecule has 0 fully saturated rings. The third-order valence-electron chi connectivity index (χ3n) is 3.01. The highest BCUT2D eigenvalue weighted by Crippen LogP contribution is 2.34. The Morgan fingerprint density at radius 2 is 2.26 bits per heavy atom. The number of hydrogen-bond donors (Lipinski definition) is 0. The van der Waals surface area contributed by atoms with Crippen molar-refractivity contribution < 1.29 is 13.9 Å². The van der Waals surface area contributed by atoms with E-state index in [-0.39, 0.29) is 29.5 Å². The third-order valence-corrected chi connectivity index (χ3v) is 3.62. The molecule has 0 aromatic heterocycles. The lowest BCUT2D eigenvalue weighted by molar-refractivity contribution is -0.149. The van der Waals surface area contributed by atoms with Crippen LogP contribution in [0.4, 0.5) is 4.39 Å². The van der Waals surface area contributed by atoms with Gasteiger partial charge in [-0.05, 0) is 42.3 Å². The lowest BCUT2D eigenvalue weighted by Gasteiger charge is -2.27. The van der Waals surface area contributed by atoms with Crippen molar-refractivity contribution >= 4 is 21.9 Å². The average Bonchev–Trinajstić information content (AvgIpc) is 2.39. The molecule has 0 N–H and O–H groups in total. The van der Waals surface area contributed by atoms with Gasteiger partial charge in [0.25, 0.3) is 0 Å². The number of hydrogen-bond acceptors (Lipinski definition) is 3. The van der Waals surface area contributed by atoms with Crippen LogP contribution in [0.25, 0.3) is 0 Å². The molecule has 0 spiro atoms. The SMILES string of the molecule is CCOC(=O)C(C)(CCC#N)c1cccc(Br)c1F. The highest BCUT2D eigenvalue weighted by atomic mass is 79.9. The van der Waals surface area contributed by atoms with E-state index in [1.807, 2.05) is 6.07 Å². The van der Waals surface area contributed by atoms with Crippen LogP contribution < -0.4 is 0 Å². The van der Waals surface area contributed by atoms with E-state index in [4.69, 9.17) is 10.00 Å². The predicted octanol–water partition coefficient (Wildman–Crippen LogP) is 3.71. The van der Waals surface area contributed by atoms with Gasteiger partial charge in [-0.15, -0.1) is 0 Å². The Hall–Kier alpha value is -1.41. The quantitative estimate of drug-likeness (QED) is 0.774. The molecule has 0 heterocycles. The van der Waals surface area contributed by atoms with Gasteiger partial charge in [0.15, 0.2) is 0 Å². The number of nitrogens with zero attached hydrogens (tertiary/aromatic N) is 1. The Morgan fingerprint density at radius 1 is 1.58 bits per heavy atom. The minimum Gasteiger partial charge on any atom is -0.465 e. The van der Waals surface area contributed by atoms with Crippen LogP contribution in [0, 0.1) is 17.1 Å². The van der Waals surface area contributed by atoms with Gasteiger partial charge in [-0.2, -0.15) is 5.26 Å². The largest absolute Gasteiger partial charge is 0.465 e. The van der Waals surface area contributed by atoms with Gasteiger partial charge in [-0.25, -0.2) is 4.39 Å². The van der Waals surface area contributed by atoms with Crippen molar-refractivity contribution in [3.05, 3.63) is 34.1 Å². The number of benzene rings is 1. The molecule has 0 amide bonds. The van der Waals surface area contributed by atoms with Crippen LogP contribution in [0.1, 0.15) is 32.3 Å². The molecule has 0 saturated carbocycles. The van der Waals surface area contributed by atoms with E-state index >= 15 is 0 Å². The monoisotopic (exact) mass is 327 g/mol. The Kier molecular flexibility index (Phi) is 5.49. The summed E-state index contributed by atoms with van der Waals surface area (Å²) in [5.74, 6) is -1.00. The number of halogens is 2. The van der Waals surface area contributed by atoms with Gasteiger partial charge in [0.1, 0.15) is 5.82 Å². The average molecular weight is 328 g/mol. The normalized spacial score (nSPS) is 13.4. The van der Waals surface area contributed by atoms with Gasteiger partial charge in [-0.3, -0.25) is 4.79 Å². The first kappa shape index (κ1) is 15.6. The zero-order chi connectivity index (χ0) is 14.5.